The Balaban J connectivity index is 1.37. The first-order valence-electron chi connectivity index (χ1n) is 15.5. The van der Waals surface area contributed by atoms with Crippen molar-refractivity contribution in [2.24, 2.45) is 11.8 Å². The number of piperidine rings is 1. The fourth-order valence-corrected chi connectivity index (χ4v) is 10.8. The van der Waals surface area contributed by atoms with Crippen LogP contribution in [0.2, 0.25) is 0 Å². The Hall–Kier alpha value is -2.62. The maximum Gasteiger partial charge on any atom is 0.303 e. The molecular weight excluding hydrogens is 552 g/mol. The molecule has 5 atom stereocenters. The zero-order valence-electron chi connectivity index (χ0n) is 24.8. The number of hydrogen-bond donors (Lipinski definition) is 1. The molecule has 226 valence electrons. The van der Waals surface area contributed by atoms with Gasteiger partial charge in [0.15, 0.2) is 11.5 Å². The van der Waals surface area contributed by atoms with E-state index in [1.807, 2.05) is 50.2 Å². The molecule has 2 aromatic carbocycles. The van der Waals surface area contributed by atoms with E-state index in [0.717, 1.165) is 29.8 Å². The number of carbonyl (C=O) groups is 1. The fourth-order valence-electron chi connectivity index (χ4n) is 8.87. The zero-order valence-corrected chi connectivity index (χ0v) is 25.6. The Morgan fingerprint density at radius 2 is 1.90 bits per heavy atom. The topological polar surface area (TPSA) is 96.4 Å². The second-order valence-corrected chi connectivity index (χ2v) is 15.6. The Bertz CT molecular complexity index is 1490. The maximum atomic E-state index is 14.3. The lowest BCUT2D eigenvalue weighted by molar-refractivity contribution is -0.222. The Morgan fingerprint density at radius 3 is 2.60 bits per heavy atom. The molecule has 2 heterocycles. The molecule has 0 unspecified atom stereocenters. The number of carbonyl (C=O) groups excluding carboxylic acids is 1. The van der Waals surface area contributed by atoms with Crippen molar-refractivity contribution in [3.63, 3.8) is 0 Å². The molecule has 2 aliphatic heterocycles. The molecule has 9 heteroatoms. The highest BCUT2D eigenvalue weighted by Crippen LogP contribution is 2.67. The molecular formula is C33H42N2O6S. The smallest absolute Gasteiger partial charge is 0.303 e. The van der Waals surface area contributed by atoms with Crippen molar-refractivity contribution in [3.8, 4) is 11.5 Å². The highest BCUT2D eigenvalue weighted by atomic mass is 32.2. The lowest BCUT2D eigenvalue weighted by atomic mass is 9.48. The van der Waals surface area contributed by atoms with Crippen LogP contribution in [0.3, 0.4) is 0 Å². The lowest BCUT2D eigenvalue weighted by Gasteiger charge is -2.65. The van der Waals surface area contributed by atoms with Crippen LogP contribution >= 0.6 is 0 Å². The first-order valence-corrected chi connectivity index (χ1v) is 17.2. The third-order valence-corrected chi connectivity index (χ3v) is 12.3. The normalized spacial score (nSPS) is 31.6. The predicted molar refractivity (Wildman–Crippen MR) is 159 cm³/mol. The Labute approximate surface area is 249 Å². The van der Waals surface area contributed by atoms with Gasteiger partial charge in [-0.25, -0.2) is 8.42 Å². The zero-order chi connectivity index (χ0) is 29.4. The van der Waals surface area contributed by atoms with Crippen LogP contribution in [0.15, 0.2) is 42.5 Å². The molecule has 0 radical (unpaired) electrons. The minimum Gasteiger partial charge on any atom is -0.504 e. The number of rotatable bonds is 9. The summed E-state index contributed by atoms with van der Waals surface area (Å²) in [6.45, 7) is 7.74. The minimum atomic E-state index is -3.73. The molecule has 2 aromatic rings. The van der Waals surface area contributed by atoms with Crippen LogP contribution in [0.4, 0.5) is 0 Å². The van der Waals surface area contributed by atoms with Crippen LogP contribution in [0, 0.1) is 11.8 Å². The fraction of sp³-hybridized carbons (Fsp3) is 0.606. The number of esters is 1. The standard InChI is InChI=1S/C33H42N2O6S/c1-21(2)18-35(42(38,39)20-24-7-5-4-6-8-24)26-13-14-33(41-22(3)36)28-17-25-11-12-27(37)30-29(25)32(33,31(26)40-30)15-16-34(28)19-23-9-10-23/h4-8,11-12,21,23,26,28,31,37H,9-10,13-20H2,1-3H3/t26-,28+,31-,32-,33+/m0/s1. The summed E-state index contributed by atoms with van der Waals surface area (Å²) >= 11 is 0. The van der Waals surface area contributed by atoms with Gasteiger partial charge in [-0.1, -0.05) is 50.2 Å². The summed E-state index contributed by atoms with van der Waals surface area (Å²) in [6.07, 6.45) is 4.35. The highest BCUT2D eigenvalue weighted by molar-refractivity contribution is 7.88. The second kappa shape index (κ2) is 9.96. The van der Waals surface area contributed by atoms with Gasteiger partial charge in [-0.3, -0.25) is 9.69 Å². The maximum absolute atomic E-state index is 14.3. The number of aromatic hydroxyl groups is 1. The molecule has 2 saturated carbocycles. The van der Waals surface area contributed by atoms with Crippen LogP contribution < -0.4 is 4.74 Å². The van der Waals surface area contributed by atoms with Gasteiger partial charge in [0.1, 0.15) is 11.7 Å². The van der Waals surface area contributed by atoms with Crippen molar-refractivity contribution in [1.82, 2.24) is 9.21 Å². The average Bonchev–Trinajstić information content (AvgIpc) is 3.67. The number of ether oxygens (including phenoxy) is 2. The molecule has 7 rings (SSSR count). The number of sulfonamides is 1. The minimum absolute atomic E-state index is 0.0229. The molecule has 0 amide bonds. The Morgan fingerprint density at radius 1 is 1.14 bits per heavy atom. The molecule has 2 bridgehead atoms. The molecule has 1 saturated heterocycles. The van der Waals surface area contributed by atoms with Gasteiger partial charge in [0.05, 0.1) is 23.3 Å². The van der Waals surface area contributed by atoms with E-state index >= 15 is 0 Å². The van der Waals surface area contributed by atoms with E-state index in [-0.39, 0.29) is 29.4 Å². The molecule has 5 aliphatic rings. The van der Waals surface area contributed by atoms with Crippen LogP contribution in [-0.2, 0) is 37.1 Å². The van der Waals surface area contributed by atoms with Gasteiger partial charge in [0, 0.05) is 25.6 Å². The van der Waals surface area contributed by atoms with E-state index < -0.39 is 33.2 Å². The number of likely N-dealkylation sites (tertiary alicyclic amines) is 1. The van der Waals surface area contributed by atoms with Crippen LogP contribution in [0.5, 0.6) is 11.5 Å². The van der Waals surface area contributed by atoms with Gasteiger partial charge in [0.2, 0.25) is 10.0 Å². The molecule has 1 N–H and O–H groups in total. The van der Waals surface area contributed by atoms with Gasteiger partial charge in [-0.15, -0.1) is 0 Å². The summed E-state index contributed by atoms with van der Waals surface area (Å²) in [4.78, 5) is 15.5. The number of phenols is 1. The number of phenolic OH excluding ortho intramolecular Hbond substituents is 1. The Kier molecular flexibility index (Phi) is 6.68. The second-order valence-electron chi connectivity index (χ2n) is 13.7. The van der Waals surface area contributed by atoms with E-state index in [1.54, 1.807) is 10.4 Å². The van der Waals surface area contributed by atoms with Gasteiger partial charge in [0.25, 0.3) is 0 Å². The van der Waals surface area contributed by atoms with Crippen molar-refractivity contribution < 1.29 is 27.8 Å². The molecule has 3 fully saturated rings. The molecule has 8 nitrogen and oxygen atoms in total. The first kappa shape index (κ1) is 28.2. The molecule has 42 heavy (non-hydrogen) atoms. The van der Waals surface area contributed by atoms with Crippen molar-refractivity contribution in [2.75, 3.05) is 19.6 Å². The van der Waals surface area contributed by atoms with Gasteiger partial charge in [-0.2, -0.15) is 4.31 Å². The number of benzene rings is 2. The summed E-state index contributed by atoms with van der Waals surface area (Å²) in [5.74, 6) is 0.877. The van der Waals surface area contributed by atoms with Crippen molar-refractivity contribution in [2.45, 2.75) is 94.3 Å². The summed E-state index contributed by atoms with van der Waals surface area (Å²) in [7, 11) is -3.73. The van der Waals surface area contributed by atoms with Gasteiger partial charge >= 0.3 is 5.97 Å². The largest absolute Gasteiger partial charge is 0.504 e. The van der Waals surface area contributed by atoms with Crippen molar-refractivity contribution in [3.05, 3.63) is 59.2 Å². The quantitative estimate of drug-likeness (QED) is 0.431. The summed E-state index contributed by atoms with van der Waals surface area (Å²) in [5.41, 5.74) is 1.20. The van der Waals surface area contributed by atoms with E-state index in [1.165, 1.54) is 19.8 Å². The highest BCUT2D eigenvalue weighted by Gasteiger charge is 2.76. The lowest BCUT2D eigenvalue weighted by Crippen LogP contribution is -2.79. The van der Waals surface area contributed by atoms with Crippen molar-refractivity contribution >= 4 is 16.0 Å². The van der Waals surface area contributed by atoms with Gasteiger partial charge < -0.3 is 14.6 Å². The third kappa shape index (κ3) is 4.21. The van der Waals surface area contributed by atoms with E-state index in [4.69, 9.17) is 9.47 Å². The summed E-state index contributed by atoms with van der Waals surface area (Å²) in [6, 6.07) is 12.5. The number of nitrogens with zero attached hydrogens (tertiary/aromatic N) is 2. The predicted octanol–water partition coefficient (Wildman–Crippen LogP) is 4.38. The monoisotopic (exact) mass is 594 g/mol. The first-order chi connectivity index (χ1) is 20.1. The van der Waals surface area contributed by atoms with E-state index in [2.05, 4.69) is 4.90 Å². The summed E-state index contributed by atoms with van der Waals surface area (Å²) < 4.78 is 43.6. The molecule has 0 aromatic heterocycles. The van der Waals surface area contributed by atoms with Crippen LogP contribution in [0.25, 0.3) is 0 Å². The third-order valence-electron chi connectivity index (χ3n) is 10.5. The SMILES string of the molecule is CC(=O)O[C@@]12CC[C@H](N(CC(C)C)S(=O)(=O)Cc3ccccc3)[C@@H]3Oc4c(O)ccc5c4[C@@]31CCN(CC1CC1)[C@@H]2C5. The van der Waals surface area contributed by atoms with Gasteiger partial charge in [-0.05, 0) is 74.1 Å². The van der Waals surface area contributed by atoms with E-state index in [0.29, 0.717) is 43.9 Å². The van der Waals surface area contributed by atoms with Crippen molar-refractivity contribution in [1.29, 1.82) is 0 Å². The average molecular weight is 595 g/mol. The molecule has 3 aliphatic carbocycles. The summed E-state index contributed by atoms with van der Waals surface area (Å²) in [5, 5.41) is 11.1. The number of hydrogen-bond acceptors (Lipinski definition) is 7. The van der Waals surface area contributed by atoms with E-state index in [9.17, 15) is 18.3 Å². The van der Waals surface area contributed by atoms with Crippen LogP contribution in [-0.4, -0.2) is 72.1 Å². The molecule has 1 spiro atoms. The van der Waals surface area contributed by atoms with Crippen LogP contribution in [0.1, 0.15) is 69.6 Å².